The molecule has 8 heteroatoms. The number of ether oxygens (including phenoxy) is 2. The van der Waals surface area contributed by atoms with E-state index in [1.165, 1.54) is 12.1 Å². The van der Waals surface area contributed by atoms with E-state index in [0.717, 1.165) is 16.8 Å². The third-order valence-corrected chi connectivity index (χ3v) is 6.86. The van der Waals surface area contributed by atoms with Crippen LogP contribution in [0.4, 0.5) is 10.1 Å². The number of benzene rings is 2. The topological polar surface area (TPSA) is 79.3 Å². The van der Waals surface area contributed by atoms with E-state index in [1.54, 1.807) is 19.2 Å². The summed E-state index contributed by atoms with van der Waals surface area (Å²) < 4.78 is 23.8. The summed E-state index contributed by atoms with van der Waals surface area (Å²) in [4.78, 5) is 28.8. The molecule has 1 N–H and O–H groups in total. The molecule has 1 fully saturated rings. The summed E-state index contributed by atoms with van der Waals surface area (Å²) in [6.45, 7) is 6.64. The number of fused-ring (bicyclic) bond motifs is 1. The van der Waals surface area contributed by atoms with Crippen LogP contribution in [0.15, 0.2) is 35.9 Å². The second-order valence-electron chi connectivity index (χ2n) is 9.01. The fourth-order valence-corrected chi connectivity index (χ4v) is 4.73. The lowest BCUT2D eigenvalue weighted by molar-refractivity contribution is -0.131. The van der Waals surface area contributed by atoms with Crippen molar-refractivity contribution in [3.63, 3.8) is 0 Å². The maximum atomic E-state index is 13.2. The molecule has 2 aromatic carbocycles. The molecule has 2 aliphatic rings. The van der Waals surface area contributed by atoms with Gasteiger partial charge in [-0.3, -0.25) is 4.79 Å². The first kappa shape index (κ1) is 24.6. The Morgan fingerprint density at radius 3 is 2.51 bits per heavy atom. The van der Waals surface area contributed by atoms with Gasteiger partial charge < -0.3 is 24.4 Å². The number of anilines is 1. The molecule has 1 saturated heterocycles. The summed E-state index contributed by atoms with van der Waals surface area (Å²) in [5, 5.41) is 10.7. The van der Waals surface area contributed by atoms with Crippen LogP contribution >= 0.6 is 0 Å². The SMILES string of the molecule is COc1c(C)c2c(c(O)c1CC=C(C)CCC(=O)N1CCN(c3ccc(F)cc3)CC1)C(=O)OC2. The predicted octanol–water partition coefficient (Wildman–Crippen LogP) is 4.14. The van der Waals surface area contributed by atoms with E-state index in [-0.39, 0.29) is 29.6 Å². The maximum Gasteiger partial charge on any atom is 0.342 e. The number of aromatic hydroxyl groups is 1. The van der Waals surface area contributed by atoms with Crippen LogP contribution in [0.2, 0.25) is 0 Å². The van der Waals surface area contributed by atoms with Crippen LogP contribution in [0.5, 0.6) is 11.5 Å². The van der Waals surface area contributed by atoms with Gasteiger partial charge in [0.1, 0.15) is 29.5 Å². The van der Waals surface area contributed by atoms with Gasteiger partial charge >= 0.3 is 5.97 Å². The van der Waals surface area contributed by atoms with Crippen molar-refractivity contribution in [1.29, 1.82) is 0 Å². The minimum absolute atomic E-state index is 0.0934. The van der Waals surface area contributed by atoms with E-state index in [4.69, 9.17) is 9.47 Å². The van der Waals surface area contributed by atoms with Gasteiger partial charge in [-0.25, -0.2) is 9.18 Å². The highest BCUT2D eigenvalue weighted by Crippen LogP contribution is 2.42. The molecule has 1 amide bonds. The summed E-state index contributed by atoms with van der Waals surface area (Å²) in [6.07, 6.45) is 3.35. The zero-order chi connectivity index (χ0) is 25.1. The number of phenols is 1. The van der Waals surface area contributed by atoms with Gasteiger partial charge in [0.15, 0.2) is 0 Å². The monoisotopic (exact) mass is 482 g/mol. The molecule has 0 bridgehead atoms. The predicted molar refractivity (Wildman–Crippen MR) is 130 cm³/mol. The van der Waals surface area contributed by atoms with E-state index >= 15 is 0 Å². The average molecular weight is 483 g/mol. The minimum atomic E-state index is -0.518. The molecule has 0 unspecified atom stereocenters. The van der Waals surface area contributed by atoms with Crippen molar-refractivity contribution in [2.75, 3.05) is 38.2 Å². The first-order valence-electron chi connectivity index (χ1n) is 11.8. The number of halogens is 1. The number of carbonyl (C=O) groups excluding carboxylic acids is 2. The largest absolute Gasteiger partial charge is 0.507 e. The lowest BCUT2D eigenvalue weighted by Crippen LogP contribution is -2.48. The molecule has 2 aromatic rings. The first-order chi connectivity index (χ1) is 16.8. The Balaban J connectivity index is 1.33. The quantitative estimate of drug-likeness (QED) is 0.472. The van der Waals surface area contributed by atoms with Gasteiger partial charge in [-0.2, -0.15) is 0 Å². The number of rotatable bonds is 7. The second-order valence-corrected chi connectivity index (χ2v) is 9.01. The van der Waals surface area contributed by atoms with Crippen molar-refractivity contribution in [3.8, 4) is 11.5 Å². The van der Waals surface area contributed by atoms with Gasteiger partial charge in [0.2, 0.25) is 5.91 Å². The zero-order valence-electron chi connectivity index (χ0n) is 20.4. The maximum absolute atomic E-state index is 13.2. The number of nitrogens with zero attached hydrogens (tertiary/aromatic N) is 2. The number of piperazine rings is 1. The standard InChI is InChI=1S/C27H31FN2O5/c1-17(4-10-21-25(32)24-22(16-35-27(24)33)18(2)26(21)34-3)5-11-23(31)30-14-12-29(13-15-30)20-8-6-19(28)7-9-20/h4,6-9,32H,5,10-16H2,1-3H3. The molecule has 2 heterocycles. The molecule has 4 rings (SSSR count). The summed E-state index contributed by atoms with van der Waals surface area (Å²) in [5.74, 6) is -0.209. The van der Waals surface area contributed by atoms with Crippen molar-refractivity contribution >= 4 is 17.6 Å². The van der Waals surface area contributed by atoms with E-state index < -0.39 is 5.97 Å². The van der Waals surface area contributed by atoms with Crippen molar-refractivity contribution in [1.82, 2.24) is 4.90 Å². The highest BCUT2D eigenvalue weighted by molar-refractivity contribution is 5.98. The zero-order valence-corrected chi connectivity index (χ0v) is 20.4. The van der Waals surface area contributed by atoms with Gasteiger partial charge in [0, 0.05) is 49.4 Å². The molecule has 186 valence electrons. The normalized spacial score (nSPS) is 15.8. The molecule has 0 aliphatic carbocycles. The van der Waals surface area contributed by atoms with Crippen LogP contribution in [0.3, 0.4) is 0 Å². The van der Waals surface area contributed by atoms with E-state index in [2.05, 4.69) is 4.90 Å². The van der Waals surface area contributed by atoms with Crippen LogP contribution in [-0.2, 0) is 22.6 Å². The molecular formula is C27H31FN2O5. The molecule has 7 nitrogen and oxygen atoms in total. The highest BCUT2D eigenvalue weighted by Gasteiger charge is 2.32. The molecule has 35 heavy (non-hydrogen) atoms. The highest BCUT2D eigenvalue weighted by atomic mass is 19.1. The summed E-state index contributed by atoms with van der Waals surface area (Å²) in [5.41, 5.74) is 4.21. The third-order valence-electron chi connectivity index (χ3n) is 6.86. The van der Waals surface area contributed by atoms with E-state index in [1.807, 2.05) is 24.8 Å². The van der Waals surface area contributed by atoms with Crippen molar-refractivity contribution in [2.24, 2.45) is 0 Å². The first-order valence-corrected chi connectivity index (χ1v) is 11.8. The van der Waals surface area contributed by atoms with Crippen LogP contribution in [0, 0.1) is 12.7 Å². The van der Waals surface area contributed by atoms with E-state index in [0.29, 0.717) is 62.3 Å². The lowest BCUT2D eigenvalue weighted by atomic mass is 9.94. The average Bonchev–Trinajstić information content (AvgIpc) is 3.26. The smallest absolute Gasteiger partial charge is 0.342 e. The van der Waals surface area contributed by atoms with Gasteiger partial charge in [-0.1, -0.05) is 11.6 Å². The molecule has 0 spiro atoms. The fraction of sp³-hybridized carbons (Fsp3) is 0.407. The Morgan fingerprint density at radius 2 is 1.86 bits per heavy atom. The van der Waals surface area contributed by atoms with E-state index in [9.17, 15) is 19.1 Å². The Morgan fingerprint density at radius 1 is 1.17 bits per heavy atom. The van der Waals surface area contributed by atoms with Gasteiger partial charge in [0.25, 0.3) is 0 Å². The number of hydrogen-bond donors (Lipinski definition) is 1. The molecule has 0 radical (unpaired) electrons. The number of allylic oxidation sites excluding steroid dienone is 2. The van der Waals surface area contributed by atoms with Crippen molar-refractivity contribution in [2.45, 2.75) is 39.7 Å². The Bertz CT molecular complexity index is 1150. The molecule has 2 aliphatic heterocycles. The minimum Gasteiger partial charge on any atom is -0.507 e. The summed E-state index contributed by atoms with van der Waals surface area (Å²) in [7, 11) is 1.54. The molecule has 0 saturated carbocycles. The number of hydrogen-bond acceptors (Lipinski definition) is 6. The third kappa shape index (κ3) is 5.11. The number of cyclic esters (lactones) is 1. The molecule has 0 atom stereocenters. The number of esters is 1. The van der Waals surface area contributed by atoms with Crippen molar-refractivity contribution < 1.29 is 28.6 Å². The van der Waals surface area contributed by atoms with Crippen LogP contribution < -0.4 is 9.64 Å². The Labute approximate surface area is 204 Å². The lowest BCUT2D eigenvalue weighted by Gasteiger charge is -2.36. The Kier molecular flexibility index (Phi) is 7.28. The summed E-state index contributed by atoms with van der Waals surface area (Å²) in [6, 6.07) is 6.43. The van der Waals surface area contributed by atoms with Gasteiger partial charge in [-0.05, 0) is 56.5 Å². The van der Waals surface area contributed by atoms with Crippen LogP contribution in [0.1, 0.15) is 46.8 Å². The fourth-order valence-electron chi connectivity index (χ4n) is 4.73. The second kappa shape index (κ2) is 10.4. The molecule has 0 aromatic heterocycles. The number of amides is 1. The number of methoxy groups -OCH3 is 1. The molecular weight excluding hydrogens is 451 g/mol. The number of phenolic OH excluding ortho intramolecular Hbond substituents is 1. The van der Waals surface area contributed by atoms with Crippen molar-refractivity contribution in [3.05, 3.63) is 64.0 Å². The number of carbonyl (C=O) groups is 2. The Hall–Kier alpha value is -3.55. The summed E-state index contributed by atoms with van der Waals surface area (Å²) >= 11 is 0. The van der Waals surface area contributed by atoms with Gasteiger partial charge in [-0.15, -0.1) is 0 Å². The van der Waals surface area contributed by atoms with Gasteiger partial charge in [0.05, 0.1) is 7.11 Å². The van der Waals surface area contributed by atoms with Crippen LogP contribution in [-0.4, -0.2) is 55.2 Å². The van der Waals surface area contributed by atoms with Crippen LogP contribution in [0.25, 0.3) is 0 Å².